The summed E-state index contributed by atoms with van der Waals surface area (Å²) in [7, 11) is 0. The number of para-hydroxylation sites is 1. The van der Waals surface area contributed by atoms with Crippen molar-refractivity contribution in [3.05, 3.63) is 29.8 Å². The van der Waals surface area contributed by atoms with Crippen LogP contribution in [-0.2, 0) is 6.42 Å². The molecule has 1 aliphatic heterocycles. The van der Waals surface area contributed by atoms with Crippen LogP contribution in [0.15, 0.2) is 24.3 Å². The zero-order valence-corrected chi connectivity index (χ0v) is 7.90. The molecule has 2 rings (SSSR count). The van der Waals surface area contributed by atoms with E-state index in [2.05, 4.69) is 30.0 Å². The molecule has 0 fully saturated rings. The fourth-order valence-corrected chi connectivity index (χ4v) is 1.96. The van der Waals surface area contributed by atoms with Crippen molar-refractivity contribution in [2.24, 2.45) is 0 Å². The second kappa shape index (κ2) is 3.38. The Morgan fingerprint density at radius 3 is 3.00 bits per heavy atom. The van der Waals surface area contributed by atoms with Crippen molar-refractivity contribution in [2.45, 2.75) is 19.4 Å². The zero-order valence-electron chi connectivity index (χ0n) is 7.90. The first-order chi connectivity index (χ1) is 6.31. The summed E-state index contributed by atoms with van der Waals surface area (Å²) < 4.78 is 0. The number of rotatable bonds is 1. The predicted octanol–water partition coefficient (Wildman–Crippen LogP) is 1.43. The standard InChI is InChI=1S/C11H15NO/c1-2-12-8-10(13)7-9-5-3-4-6-11(9)12/h3-6,10,13H,2,7-8H2,1H3/t10-/m0/s1. The number of hydrogen-bond donors (Lipinski definition) is 1. The molecule has 1 aromatic rings. The Kier molecular flexibility index (Phi) is 2.23. The molecule has 0 unspecified atom stereocenters. The third kappa shape index (κ3) is 1.54. The van der Waals surface area contributed by atoms with E-state index in [0.29, 0.717) is 0 Å². The Balaban J connectivity index is 2.37. The maximum atomic E-state index is 9.62. The average Bonchev–Trinajstić information content (AvgIpc) is 2.16. The van der Waals surface area contributed by atoms with Crippen molar-refractivity contribution < 1.29 is 5.11 Å². The summed E-state index contributed by atoms with van der Waals surface area (Å²) in [6.45, 7) is 3.86. The van der Waals surface area contributed by atoms with Gasteiger partial charge in [0.2, 0.25) is 0 Å². The van der Waals surface area contributed by atoms with Crippen molar-refractivity contribution >= 4 is 5.69 Å². The highest BCUT2D eigenvalue weighted by Gasteiger charge is 2.20. The van der Waals surface area contributed by atoms with Crippen LogP contribution in [0.1, 0.15) is 12.5 Å². The third-order valence-electron chi connectivity index (χ3n) is 2.60. The fourth-order valence-electron chi connectivity index (χ4n) is 1.96. The van der Waals surface area contributed by atoms with Crippen LogP contribution in [0.5, 0.6) is 0 Å². The summed E-state index contributed by atoms with van der Waals surface area (Å²) in [5, 5.41) is 9.62. The minimum atomic E-state index is -0.199. The number of hydrogen-bond acceptors (Lipinski definition) is 2. The molecular formula is C11H15NO. The van der Waals surface area contributed by atoms with Gasteiger partial charge in [0.25, 0.3) is 0 Å². The molecule has 0 aromatic heterocycles. The number of fused-ring (bicyclic) bond motifs is 1. The van der Waals surface area contributed by atoms with Crippen molar-refractivity contribution in [2.75, 3.05) is 18.0 Å². The normalized spacial score (nSPS) is 21.4. The number of aliphatic hydroxyl groups excluding tert-OH is 1. The third-order valence-corrected chi connectivity index (χ3v) is 2.60. The molecule has 13 heavy (non-hydrogen) atoms. The van der Waals surface area contributed by atoms with E-state index < -0.39 is 0 Å². The molecule has 2 heteroatoms. The van der Waals surface area contributed by atoms with Crippen molar-refractivity contribution in [3.8, 4) is 0 Å². The lowest BCUT2D eigenvalue weighted by atomic mass is 10.00. The fraction of sp³-hybridized carbons (Fsp3) is 0.455. The van der Waals surface area contributed by atoms with E-state index >= 15 is 0 Å². The first-order valence-electron chi connectivity index (χ1n) is 4.82. The van der Waals surface area contributed by atoms with Crippen LogP contribution >= 0.6 is 0 Å². The molecule has 1 aromatic carbocycles. The van der Waals surface area contributed by atoms with Gasteiger partial charge in [0, 0.05) is 25.2 Å². The molecule has 1 atom stereocenters. The second-order valence-corrected chi connectivity index (χ2v) is 3.53. The first-order valence-corrected chi connectivity index (χ1v) is 4.82. The quantitative estimate of drug-likeness (QED) is 0.701. The maximum absolute atomic E-state index is 9.62. The molecule has 0 bridgehead atoms. The van der Waals surface area contributed by atoms with E-state index in [1.54, 1.807) is 0 Å². The number of nitrogens with zero attached hydrogens (tertiary/aromatic N) is 1. The Morgan fingerprint density at radius 2 is 2.23 bits per heavy atom. The van der Waals surface area contributed by atoms with Gasteiger partial charge in [-0.2, -0.15) is 0 Å². The van der Waals surface area contributed by atoms with E-state index in [4.69, 9.17) is 0 Å². The molecule has 2 nitrogen and oxygen atoms in total. The van der Waals surface area contributed by atoms with E-state index in [1.165, 1.54) is 11.3 Å². The highest BCUT2D eigenvalue weighted by molar-refractivity contribution is 5.55. The van der Waals surface area contributed by atoms with Crippen LogP contribution in [0.4, 0.5) is 5.69 Å². The van der Waals surface area contributed by atoms with Crippen LogP contribution < -0.4 is 4.90 Å². The highest BCUT2D eigenvalue weighted by atomic mass is 16.3. The summed E-state index contributed by atoms with van der Waals surface area (Å²) in [5.74, 6) is 0. The molecule has 0 saturated carbocycles. The van der Waals surface area contributed by atoms with Gasteiger partial charge in [-0.15, -0.1) is 0 Å². The highest BCUT2D eigenvalue weighted by Crippen LogP contribution is 2.26. The lowest BCUT2D eigenvalue weighted by Crippen LogP contribution is -2.38. The monoisotopic (exact) mass is 177 g/mol. The van der Waals surface area contributed by atoms with E-state index in [1.807, 2.05) is 6.07 Å². The van der Waals surface area contributed by atoms with Gasteiger partial charge in [-0.05, 0) is 18.6 Å². The number of β-amino-alcohol motifs (C(OH)–C–C–N with tert-alkyl or cyclic N) is 1. The molecule has 0 radical (unpaired) electrons. The smallest absolute Gasteiger partial charge is 0.0756 e. The Bertz CT molecular complexity index is 298. The number of aliphatic hydroxyl groups is 1. The molecule has 1 aliphatic rings. The van der Waals surface area contributed by atoms with Gasteiger partial charge in [-0.1, -0.05) is 18.2 Å². The van der Waals surface area contributed by atoms with Crippen LogP contribution in [0.25, 0.3) is 0 Å². The largest absolute Gasteiger partial charge is 0.391 e. The summed E-state index contributed by atoms with van der Waals surface area (Å²) in [4.78, 5) is 2.23. The van der Waals surface area contributed by atoms with Crippen molar-refractivity contribution in [1.29, 1.82) is 0 Å². The Hall–Kier alpha value is -1.02. The molecule has 70 valence electrons. The molecular weight excluding hydrogens is 162 g/mol. The van der Waals surface area contributed by atoms with Crippen molar-refractivity contribution in [3.63, 3.8) is 0 Å². The number of likely N-dealkylation sites (N-methyl/N-ethyl adjacent to an activating group) is 1. The van der Waals surface area contributed by atoms with Crippen LogP contribution in [-0.4, -0.2) is 24.3 Å². The molecule has 0 aliphatic carbocycles. The lowest BCUT2D eigenvalue weighted by Gasteiger charge is -2.33. The molecule has 0 spiro atoms. The van der Waals surface area contributed by atoms with Crippen molar-refractivity contribution in [1.82, 2.24) is 0 Å². The Labute approximate surface area is 78.8 Å². The number of benzene rings is 1. The maximum Gasteiger partial charge on any atom is 0.0756 e. The van der Waals surface area contributed by atoms with Crippen LogP contribution in [0.2, 0.25) is 0 Å². The van der Waals surface area contributed by atoms with Gasteiger partial charge in [-0.3, -0.25) is 0 Å². The first kappa shape index (κ1) is 8.57. The topological polar surface area (TPSA) is 23.5 Å². The van der Waals surface area contributed by atoms with Gasteiger partial charge >= 0.3 is 0 Å². The molecule has 1 N–H and O–H groups in total. The van der Waals surface area contributed by atoms with Gasteiger partial charge in [0.1, 0.15) is 0 Å². The van der Waals surface area contributed by atoms with Crippen LogP contribution in [0.3, 0.4) is 0 Å². The minimum Gasteiger partial charge on any atom is -0.391 e. The minimum absolute atomic E-state index is 0.199. The van der Waals surface area contributed by atoms with Gasteiger partial charge in [-0.25, -0.2) is 0 Å². The van der Waals surface area contributed by atoms with Gasteiger partial charge in [0.15, 0.2) is 0 Å². The van der Waals surface area contributed by atoms with Crippen LogP contribution in [0, 0.1) is 0 Å². The second-order valence-electron chi connectivity index (χ2n) is 3.53. The summed E-state index contributed by atoms with van der Waals surface area (Å²) in [6, 6.07) is 8.31. The Morgan fingerprint density at radius 1 is 1.46 bits per heavy atom. The zero-order chi connectivity index (χ0) is 9.26. The number of anilines is 1. The molecule has 0 amide bonds. The molecule has 1 heterocycles. The summed E-state index contributed by atoms with van der Waals surface area (Å²) in [6.07, 6.45) is 0.599. The SMILES string of the molecule is CCN1C[C@@H](O)Cc2ccccc21. The average molecular weight is 177 g/mol. The lowest BCUT2D eigenvalue weighted by molar-refractivity contribution is 0.175. The van der Waals surface area contributed by atoms with E-state index in [9.17, 15) is 5.11 Å². The van der Waals surface area contributed by atoms with E-state index in [-0.39, 0.29) is 6.10 Å². The predicted molar refractivity (Wildman–Crippen MR) is 54.0 cm³/mol. The molecule has 0 saturated heterocycles. The van der Waals surface area contributed by atoms with Gasteiger partial charge in [0.05, 0.1) is 6.10 Å². The van der Waals surface area contributed by atoms with Gasteiger partial charge < -0.3 is 10.0 Å². The summed E-state index contributed by atoms with van der Waals surface area (Å²) >= 11 is 0. The summed E-state index contributed by atoms with van der Waals surface area (Å²) in [5.41, 5.74) is 2.55. The van der Waals surface area contributed by atoms with E-state index in [0.717, 1.165) is 19.5 Å².